The first-order valence-electron chi connectivity index (χ1n) is 5.02. The van der Waals surface area contributed by atoms with Crippen LogP contribution in [0.1, 0.15) is 23.7 Å². The van der Waals surface area contributed by atoms with E-state index in [0.29, 0.717) is 5.75 Å². The number of aryl methyl sites for hydroxylation is 1. The zero-order valence-corrected chi connectivity index (χ0v) is 10.7. The first-order chi connectivity index (χ1) is 8.25. The second-order valence-electron chi connectivity index (χ2n) is 3.85. The van der Waals surface area contributed by atoms with Crippen LogP contribution in [0.25, 0.3) is 0 Å². The summed E-state index contributed by atoms with van der Waals surface area (Å²) in [4.78, 5) is 3.99. The fourth-order valence-corrected chi connectivity index (χ4v) is 2.16. The van der Waals surface area contributed by atoms with Gasteiger partial charge in [-0.15, -0.1) is 11.8 Å². The molecule has 0 aliphatic heterocycles. The van der Waals surface area contributed by atoms with E-state index in [4.69, 9.17) is 5.26 Å². The minimum atomic E-state index is -4.54. The van der Waals surface area contributed by atoms with Crippen LogP contribution in [0.15, 0.2) is 23.2 Å². The first-order valence-corrected chi connectivity index (χ1v) is 6.00. The number of hydrogen-bond acceptors (Lipinski definition) is 3. The van der Waals surface area contributed by atoms with Gasteiger partial charge in [-0.25, -0.2) is 4.98 Å². The van der Waals surface area contributed by atoms with Gasteiger partial charge in [-0.1, -0.05) is 12.2 Å². The van der Waals surface area contributed by atoms with Crippen molar-refractivity contribution in [3.63, 3.8) is 0 Å². The number of rotatable bonds is 3. The third-order valence-electron chi connectivity index (χ3n) is 1.99. The van der Waals surface area contributed by atoms with Crippen molar-refractivity contribution in [2.24, 2.45) is 0 Å². The van der Waals surface area contributed by atoms with Crippen molar-refractivity contribution >= 4 is 11.8 Å². The van der Waals surface area contributed by atoms with E-state index in [-0.39, 0.29) is 10.7 Å². The summed E-state index contributed by atoms with van der Waals surface area (Å²) in [6.45, 7) is 6.90. The summed E-state index contributed by atoms with van der Waals surface area (Å²) >= 11 is 1.09. The highest BCUT2D eigenvalue weighted by Crippen LogP contribution is 2.36. The Morgan fingerprint density at radius 1 is 1.56 bits per heavy atom. The molecule has 1 aromatic rings. The summed E-state index contributed by atoms with van der Waals surface area (Å²) in [7, 11) is 0. The predicted octanol–water partition coefficient (Wildman–Crippen LogP) is 3.95. The Labute approximate surface area is 108 Å². The molecule has 0 bridgehead atoms. The molecule has 2 nitrogen and oxygen atoms in total. The van der Waals surface area contributed by atoms with Gasteiger partial charge in [0.15, 0.2) is 0 Å². The topological polar surface area (TPSA) is 36.7 Å². The lowest BCUT2D eigenvalue weighted by Crippen LogP contribution is -2.10. The molecule has 0 N–H and O–H groups in total. The molecule has 0 saturated heterocycles. The molecule has 0 amide bonds. The lowest BCUT2D eigenvalue weighted by molar-refractivity contribution is -0.138. The Balaban J connectivity index is 3.30. The highest BCUT2D eigenvalue weighted by atomic mass is 32.2. The van der Waals surface area contributed by atoms with Crippen molar-refractivity contribution in [1.29, 1.82) is 5.26 Å². The molecule has 1 rings (SSSR count). The molecular weight excluding hydrogens is 261 g/mol. The molecular formula is C12H11F3N2S. The maximum atomic E-state index is 12.8. The Morgan fingerprint density at radius 2 is 2.17 bits per heavy atom. The third kappa shape index (κ3) is 3.50. The largest absolute Gasteiger partial charge is 0.417 e. The maximum absolute atomic E-state index is 12.8. The molecule has 0 atom stereocenters. The number of hydrogen-bond donors (Lipinski definition) is 0. The van der Waals surface area contributed by atoms with Gasteiger partial charge >= 0.3 is 6.18 Å². The summed E-state index contributed by atoms with van der Waals surface area (Å²) in [5, 5.41) is 9.00. The van der Waals surface area contributed by atoms with Crippen LogP contribution in [0.3, 0.4) is 0 Å². The summed E-state index contributed by atoms with van der Waals surface area (Å²) in [6.07, 6.45) is -4.54. The van der Waals surface area contributed by atoms with Gasteiger partial charge in [0, 0.05) is 11.4 Å². The van der Waals surface area contributed by atoms with Crippen LogP contribution in [0.5, 0.6) is 0 Å². The molecule has 0 aromatic carbocycles. The van der Waals surface area contributed by atoms with E-state index in [1.807, 2.05) is 0 Å². The van der Waals surface area contributed by atoms with Gasteiger partial charge in [0.25, 0.3) is 0 Å². The van der Waals surface area contributed by atoms with Gasteiger partial charge in [0.1, 0.15) is 11.1 Å². The second kappa shape index (κ2) is 5.44. The standard InChI is InChI=1S/C12H11F3N2S/c1-7(2)6-18-11-9(5-16)10(12(13,14)15)4-8(3)17-11/h4H,1,6H2,2-3H3. The third-order valence-corrected chi connectivity index (χ3v) is 3.19. The summed E-state index contributed by atoms with van der Waals surface area (Å²) < 4.78 is 38.4. The van der Waals surface area contributed by atoms with Crippen LogP contribution in [0.4, 0.5) is 13.2 Å². The zero-order chi connectivity index (χ0) is 13.9. The molecule has 18 heavy (non-hydrogen) atoms. The molecule has 0 spiro atoms. The highest BCUT2D eigenvalue weighted by molar-refractivity contribution is 7.99. The molecule has 0 aliphatic carbocycles. The van der Waals surface area contributed by atoms with Crippen molar-refractivity contribution in [1.82, 2.24) is 4.98 Å². The van der Waals surface area contributed by atoms with Gasteiger partial charge in [0.2, 0.25) is 0 Å². The SMILES string of the molecule is C=C(C)CSc1nc(C)cc(C(F)(F)F)c1C#N. The Kier molecular flexibility index (Phi) is 4.41. The van der Waals surface area contributed by atoms with Crippen molar-refractivity contribution in [2.45, 2.75) is 25.0 Å². The van der Waals surface area contributed by atoms with Crippen LogP contribution in [-0.2, 0) is 6.18 Å². The molecule has 1 aromatic heterocycles. The van der Waals surface area contributed by atoms with Crippen LogP contribution in [0.2, 0.25) is 0 Å². The Bertz CT molecular complexity index is 515. The minimum absolute atomic E-state index is 0.104. The van der Waals surface area contributed by atoms with Gasteiger partial charge in [-0.05, 0) is 19.9 Å². The quantitative estimate of drug-likeness (QED) is 0.617. The van der Waals surface area contributed by atoms with Crippen molar-refractivity contribution in [3.05, 3.63) is 35.0 Å². The van der Waals surface area contributed by atoms with Crippen LogP contribution in [-0.4, -0.2) is 10.7 Å². The van der Waals surface area contributed by atoms with E-state index in [1.165, 1.54) is 6.92 Å². The first kappa shape index (κ1) is 14.6. The zero-order valence-electron chi connectivity index (χ0n) is 9.93. The van der Waals surface area contributed by atoms with E-state index in [2.05, 4.69) is 11.6 Å². The minimum Gasteiger partial charge on any atom is -0.245 e. The van der Waals surface area contributed by atoms with Gasteiger partial charge in [-0.3, -0.25) is 0 Å². The lowest BCUT2D eigenvalue weighted by atomic mass is 10.1. The summed E-state index contributed by atoms with van der Waals surface area (Å²) in [5.41, 5.74) is -0.299. The highest BCUT2D eigenvalue weighted by Gasteiger charge is 2.35. The van der Waals surface area contributed by atoms with Crippen molar-refractivity contribution < 1.29 is 13.2 Å². The molecule has 96 valence electrons. The smallest absolute Gasteiger partial charge is 0.245 e. The fourth-order valence-electron chi connectivity index (χ4n) is 1.27. The van der Waals surface area contributed by atoms with E-state index >= 15 is 0 Å². The van der Waals surface area contributed by atoms with Crippen molar-refractivity contribution in [2.75, 3.05) is 5.75 Å². The molecule has 0 aliphatic rings. The number of halogens is 3. The lowest BCUT2D eigenvalue weighted by Gasteiger charge is -2.12. The monoisotopic (exact) mass is 272 g/mol. The van der Waals surface area contributed by atoms with Gasteiger partial charge in [-0.2, -0.15) is 18.4 Å². The number of nitriles is 1. The van der Waals surface area contributed by atoms with Gasteiger partial charge < -0.3 is 0 Å². The van der Waals surface area contributed by atoms with E-state index in [9.17, 15) is 13.2 Å². The average Bonchev–Trinajstić information content (AvgIpc) is 2.24. The number of pyridine rings is 1. The Hall–Kier alpha value is -1.48. The molecule has 0 saturated carbocycles. The van der Waals surface area contributed by atoms with Crippen LogP contribution < -0.4 is 0 Å². The molecule has 1 heterocycles. The number of aromatic nitrogens is 1. The maximum Gasteiger partial charge on any atom is 0.417 e. The van der Waals surface area contributed by atoms with Crippen LogP contribution in [0, 0.1) is 18.3 Å². The fraction of sp³-hybridized carbons (Fsp3) is 0.333. The number of nitrogens with zero attached hydrogens (tertiary/aromatic N) is 2. The van der Waals surface area contributed by atoms with Crippen LogP contribution >= 0.6 is 11.8 Å². The van der Waals surface area contributed by atoms with E-state index in [1.54, 1.807) is 13.0 Å². The number of thioether (sulfide) groups is 1. The van der Waals surface area contributed by atoms with Gasteiger partial charge in [0.05, 0.1) is 11.1 Å². The summed E-state index contributed by atoms with van der Waals surface area (Å²) in [6, 6.07) is 2.48. The summed E-state index contributed by atoms with van der Waals surface area (Å²) in [5.74, 6) is 0.433. The Morgan fingerprint density at radius 3 is 2.61 bits per heavy atom. The number of alkyl halides is 3. The predicted molar refractivity (Wildman–Crippen MR) is 64.2 cm³/mol. The normalized spacial score (nSPS) is 11.1. The van der Waals surface area contributed by atoms with E-state index < -0.39 is 17.3 Å². The molecule has 0 unspecified atom stereocenters. The average molecular weight is 272 g/mol. The molecule has 6 heteroatoms. The van der Waals surface area contributed by atoms with Crippen molar-refractivity contribution in [3.8, 4) is 6.07 Å². The second-order valence-corrected chi connectivity index (χ2v) is 4.81. The molecule has 0 radical (unpaired) electrons. The molecule has 0 fully saturated rings. The van der Waals surface area contributed by atoms with E-state index in [0.717, 1.165) is 23.4 Å².